The quantitative estimate of drug-likeness (QED) is 0.175. The number of fused-ring (bicyclic) bond motifs is 7. The van der Waals surface area contributed by atoms with Gasteiger partial charge in [0.2, 0.25) is 0 Å². The maximum Gasteiger partial charge on any atom is 0.339 e. The average molecular weight is 1140 g/mol. The lowest BCUT2D eigenvalue weighted by Crippen LogP contribution is -2.79. The SMILES string of the molecule is C[C@@H]1CC2=C3[C@@H]4C5=C6[C@H]7C[C@]41CCC7=C[C@@H](C1CCCCC1)C[C@H]1[C@]64C(=O)O/C(=C(\O)C[C@@H]6[C@H]7CC8(CCCC8)[C@@]8(CCC[C@]89CCC[C@@H]9C#CC[C@@H]8[C@@H]9CN3[C@H]3[C@H](C2)[C@@H]2C=C[C@@]3(CN68)[C@H]9C2)C7)[C@@]4(CC5)[C@]12OC(=O)c1c(CCCN)cccc12. The first-order valence-corrected chi connectivity index (χ1v) is 36.1. The first kappa shape index (κ1) is 50.8. The van der Waals surface area contributed by atoms with E-state index in [2.05, 4.69) is 65.0 Å². The van der Waals surface area contributed by atoms with Crippen LogP contribution in [0.3, 0.4) is 0 Å². The molecule has 22 rings (SSSR count). The number of hydrogen-bond donors (Lipinski definition) is 2. The average Bonchev–Trinajstić information content (AvgIpc) is 1.54. The first-order chi connectivity index (χ1) is 41.5. The van der Waals surface area contributed by atoms with E-state index in [4.69, 9.17) is 15.2 Å². The number of hydrogen-bond acceptors (Lipinski definition) is 8. The molecular weight excluding hydrogens is 1050 g/mol. The van der Waals surface area contributed by atoms with E-state index < -0.39 is 16.4 Å². The highest BCUT2D eigenvalue weighted by molar-refractivity contribution is 6.00. The molecule has 1 aromatic rings. The fourth-order valence-electron chi connectivity index (χ4n) is 30.7. The van der Waals surface area contributed by atoms with Gasteiger partial charge in [-0.25, -0.2) is 4.79 Å². The predicted octanol–water partition coefficient (Wildman–Crippen LogP) is 14.5. The van der Waals surface area contributed by atoms with Crippen molar-refractivity contribution in [2.24, 2.45) is 115 Å². The lowest BCUT2D eigenvalue weighted by Gasteiger charge is -2.76. The van der Waals surface area contributed by atoms with Crippen molar-refractivity contribution in [1.82, 2.24) is 9.80 Å². The van der Waals surface area contributed by atoms with Crippen LogP contribution in [-0.2, 0) is 26.3 Å². The van der Waals surface area contributed by atoms with Crippen LogP contribution in [-0.4, -0.2) is 64.6 Å². The van der Waals surface area contributed by atoms with Gasteiger partial charge in [0.05, 0.1) is 11.0 Å². The number of ether oxygens (including phenoxy) is 2. The Bertz CT molecular complexity index is 3480. The molecule has 8 heteroatoms. The molecule has 11 fully saturated rings. The summed E-state index contributed by atoms with van der Waals surface area (Å²) < 4.78 is 15.3. The van der Waals surface area contributed by atoms with Crippen LogP contribution in [0.5, 0.6) is 0 Å². The van der Waals surface area contributed by atoms with Crippen molar-refractivity contribution in [3.63, 3.8) is 0 Å². The minimum Gasteiger partial charge on any atom is -0.509 e. The number of allylic oxidation sites excluding steroid dienone is 5. The molecule has 8 saturated carbocycles. The van der Waals surface area contributed by atoms with Crippen LogP contribution in [0.4, 0.5) is 0 Å². The summed E-state index contributed by atoms with van der Waals surface area (Å²) in [7, 11) is 0. The lowest BCUT2D eigenvalue weighted by atomic mass is 9.26. The predicted molar refractivity (Wildman–Crippen MR) is 324 cm³/mol. The summed E-state index contributed by atoms with van der Waals surface area (Å²) in [6.45, 7) is 5.40. The third kappa shape index (κ3) is 5.36. The Morgan fingerprint density at radius 2 is 1.73 bits per heavy atom. The Balaban J connectivity index is 0.866. The van der Waals surface area contributed by atoms with E-state index in [1.54, 1.807) is 22.4 Å². The van der Waals surface area contributed by atoms with Crippen LogP contribution in [0.25, 0.3) is 0 Å². The van der Waals surface area contributed by atoms with Crippen LogP contribution in [0.1, 0.15) is 215 Å². The molecule has 14 bridgehead atoms. The van der Waals surface area contributed by atoms with E-state index in [-0.39, 0.29) is 69.4 Å². The van der Waals surface area contributed by atoms with Crippen LogP contribution in [0.2, 0.25) is 0 Å². The largest absolute Gasteiger partial charge is 0.509 e. The molecule has 7 aliphatic heterocycles. The zero-order chi connectivity index (χ0) is 56.1. The number of nitrogens with two attached hydrogens (primary N) is 1. The van der Waals surface area contributed by atoms with Crippen LogP contribution >= 0.6 is 0 Å². The molecule has 21 atom stereocenters. The summed E-state index contributed by atoms with van der Waals surface area (Å²) in [6, 6.07) is 7.41. The summed E-state index contributed by atoms with van der Waals surface area (Å²) in [5.41, 5.74) is 14.8. The van der Waals surface area contributed by atoms with Gasteiger partial charge in [-0.2, -0.15) is 0 Å². The van der Waals surface area contributed by atoms with Gasteiger partial charge < -0.3 is 25.2 Å². The van der Waals surface area contributed by atoms with E-state index in [9.17, 15) is 5.11 Å². The minimum atomic E-state index is -1.17. The van der Waals surface area contributed by atoms with Gasteiger partial charge in [-0.05, 0) is 227 Å². The van der Waals surface area contributed by atoms with Crippen LogP contribution in [0, 0.1) is 121 Å². The fraction of sp³-hybridized carbons (Fsp3) is 0.740. The molecule has 21 aliphatic rings. The van der Waals surface area contributed by atoms with Crippen LogP contribution in [0.15, 0.2) is 75.9 Å². The number of carbonyl (C=O) groups excluding carboxylic acids is 2. The molecule has 3 N–H and O–H groups in total. The zero-order valence-corrected chi connectivity index (χ0v) is 51.0. The number of aliphatic hydroxyl groups excluding tert-OH is 1. The summed E-state index contributed by atoms with van der Waals surface area (Å²) in [6.07, 6.45) is 43.0. The smallest absolute Gasteiger partial charge is 0.339 e. The van der Waals surface area contributed by atoms with E-state index in [1.807, 2.05) is 0 Å². The second kappa shape index (κ2) is 16.5. The third-order valence-corrected chi connectivity index (χ3v) is 32.8. The number of aryl methyl sites for hydroxylation is 1. The molecule has 446 valence electrons. The van der Waals surface area contributed by atoms with Crippen molar-refractivity contribution in [3.8, 4) is 11.8 Å². The molecule has 0 amide bonds. The van der Waals surface area contributed by atoms with Gasteiger partial charge in [0.25, 0.3) is 0 Å². The lowest BCUT2D eigenvalue weighted by molar-refractivity contribution is -0.284. The number of aliphatic hydroxyl groups is 1. The van der Waals surface area contributed by atoms with Gasteiger partial charge >= 0.3 is 11.9 Å². The molecule has 1 aromatic carbocycles. The van der Waals surface area contributed by atoms with Crippen molar-refractivity contribution in [3.05, 3.63) is 92.6 Å². The number of esters is 2. The molecule has 0 aromatic heterocycles. The number of nitrogens with zero attached hydrogens (tertiary/aromatic N) is 2. The highest BCUT2D eigenvalue weighted by atomic mass is 16.6. The van der Waals surface area contributed by atoms with E-state index >= 15 is 9.59 Å². The molecule has 8 nitrogen and oxygen atoms in total. The Morgan fingerprint density at radius 3 is 2.61 bits per heavy atom. The molecule has 0 unspecified atom stereocenters. The van der Waals surface area contributed by atoms with Gasteiger partial charge in [-0.1, -0.05) is 105 Å². The standard InChI is InChI=1S/C77H93N3O5/c1-43-32-49-34-53-47-21-29-72-42-80-58-19-8-16-51-17-9-25-73(51)26-11-27-74(73)39-50(38-70(74)23-5-6-24-70)59(80)37-60(81)67-75-30-22-52-63-54-40-71(43,64(52)65(49)79(66(53)72)41-55(58)57(72)35-47)28-20-46(54)33-48(44-12-3-2-4-13-44)36-61(76(63,75)69(83)84-67)77(75)56-18-7-14-45(15-10-31-78)62(56)68(82)85-77/h7,14,18,21,29,33,43-44,47-48,50-51,53-55,57-59,61,64,66,81H,2-6,9-13,15,17,19-20,22-28,30-32,34-42,78H2,1H3/b46-33?,67-60-/t43-,47-,48-,50+,51+,53-,54+,55-,57+,58-,59-,61+,64+,66+,71+,72-,73+,74-,75-,76-,77-/m1/s1. The normalized spacial score (nSPS) is 52.2. The monoisotopic (exact) mass is 1140 g/mol. The summed E-state index contributed by atoms with van der Waals surface area (Å²) in [5, 5.41) is 14.6. The Labute approximate surface area is 505 Å². The molecule has 7 heterocycles. The van der Waals surface area contributed by atoms with Gasteiger partial charge in [0.1, 0.15) is 11.2 Å². The first-order valence-electron chi connectivity index (χ1n) is 36.1. The number of rotatable bonds is 4. The number of carbonyl (C=O) groups is 2. The maximum absolute atomic E-state index is 17.2. The third-order valence-electron chi connectivity index (χ3n) is 32.8. The van der Waals surface area contributed by atoms with Crippen molar-refractivity contribution in [1.29, 1.82) is 0 Å². The maximum atomic E-state index is 17.2. The van der Waals surface area contributed by atoms with Gasteiger partial charge in [0, 0.05) is 84.4 Å². The topological polar surface area (TPSA) is 105 Å². The van der Waals surface area contributed by atoms with E-state index in [0.717, 1.165) is 62.7 Å². The van der Waals surface area contributed by atoms with Crippen molar-refractivity contribution in [2.75, 3.05) is 19.6 Å². The Hall–Kier alpha value is -4.06. The Morgan fingerprint density at radius 1 is 0.847 bits per heavy atom. The van der Waals surface area contributed by atoms with Gasteiger partial charge in [-0.15, -0.1) is 5.92 Å². The summed E-state index contributed by atoms with van der Waals surface area (Å²) in [4.78, 5) is 39.3. The second-order valence-corrected chi connectivity index (χ2v) is 34.1. The van der Waals surface area contributed by atoms with Crippen molar-refractivity contribution >= 4 is 11.9 Å². The molecule has 0 radical (unpaired) electrons. The Kier molecular flexibility index (Phi) is 9.83. The van der Waals surface area contributed by atoms with E-state index in [1.165, 1.54) is 140 Å². The van der Waals surface area contributed by atoms with E-state index in [0.29, 0.717) is 102 Å². The number of benzene rings is 1. The molecular formula is C77H93N3O5. The number of piperidine rings is 2. The fourth-order valence-corrected chi connectivity index (χ4v) is 30.7. The molecule has 14 aliphatic carbocycles. The summed E-state index contributed by atoms with van der Waals surface area (Å²) in [5.74, 6) is 13.7. The molecule has 8 spiro atoms. The van der Waals surface area contributed by atoms with Crippen molar-refractivity contribution in [2.45, 2.75) is 223 Å². The minimum absolute atomic E-state index is 0.0271. The second-order valence-electron chi connectivity index (χ2n) is 34.1. The zero-order valence-electron chi connectivity index (χ0n) is 51.0. The highest BCUT2D eigenvalue weighted by Gasteiger charge is 2.94. The summed E-state index contributed by atoms with van der Waals surface area (Å²) >= 11 is 0. The molecule has 85 heavy (non-hydrogen) atoms. The van der Waals surface area contributed by atoms with Gasteiger partial charge in [-0.3, -0.25) is 9.69 Å². The van der Waals surface area contributed by atoms with Gasteiger partial charge in [0.15, 0.2) is 11.4 Å². The molecule has 3 saturated heterocycles. The van der Waals surface area contributed by atoms with Crippen LogP contribution < -0.4 is 5.73 Å². The van der Waals surface area contributed by atoms with Crippen molar-refractivity contribution < 1.29 is 24.2 Å². The highest BCUT2D eigenvalue weighted by Crippen LogP contribution is 2.90.